The van der Waals surface area contributed by atoms with Crippen LogP contribution in [0.2, 0.25) is 0 Å². The zero-order valence-electron chi connectivity index (χ0n) is 17.8. The van der Waals surface area contributed by atoms with E-state index in [1.165, 1.54) is 27.8 Å². The van der Waals surface area contributed by atoms with E-state index in [1.54, 1.807) is 0 Å². The molecular weight excluding hydrogens is 354 g/mol. The van der Waals surface area contributed by atoms with Gasteiger partial charge in [-0.05, 0) is 44.4 Å². The lowest BCUT2D eigenvalue weighted by molar-refractivity contribution is 0.725. The zero-order valence-corrected chi connectivity index (χ0v) is 17.8. The van der Waals surface area contributed by atoms with Crippen molar-refractivity contribution in [1.82, 2.24) is 10.2 Å². The van der Waals surface area contributed by atoms with Crippen LogP contribution in [-0.4, -0.2) is 17.2 Å². The summed E-state index contributed by atoms with van der Waals surface area (Å²) in [6, 6.07) is 23.6. The number of anilines is 1. The van der Waals surface area contributed by atoms with Gasteiger partial charge in [0.25, 0.3) is 0 Å². The van der Waals surface area contributed by atoms with Gasteiger partial charge in [-0.15, -0.1) is 10.2 Å². The third-order valence-electron chi connectivity index (χ3n) is 5.78. The summed E-state index contributed by atoms with van der Waals surface area (Å²) in [5, 5.41) is 11.7. The summed E-state index contributed by atoms with van der Waals surface area (Å²) in [7, 11) is 2.09. The minimum absolute atomic E-state index is 0.197. The average molecular weight is 382 g/mol. The first-order valence-corrected chi connectivity index (χ1v) is 10.1. The SMILES string of the molecule is Cc1cc(C)c(-c2nnc(N(C)[C@H](C)c3ccccc3)c3ccccc23)c(C)c1. The number of nitrogens with zero attached hydrogens (tertiary/aromatic N) is 3. The average Bonchev–Trinajstić information content (AvgIpc) is 2.72. The van der Waals surface area contributed by atoms with Crippen LogP contribution in [0, 0.1) is 20.8 Å². The van der Waals surface area contributed by atoms with Crippen LogP contribution in [0.1, 0.15) is 35.2 Å². The van der Waals surface area contributed by atoms with Gasteiger partial charge in [-0.1, -0.05) is 72.3 Å². The van der Waals surface area contributed by atoms with Crippen molar-refractivity contribution in [1.29, 1.82) is 0 Å². The highest BCUT2D eigenvalue weighted by molar-refractivity contribution is 6.01. The van der Waals surface area contributed by atoms with Crippen molar-refractivity contribution < 1.29 is 0 Å². The molecule has 0 aliphatic heterocycles. The Hall–Kier alpha value is -3.20. The fourth-order valence-corrected chi connectivity index (χ4v) is 4.23. The van der Waals surface area contributed by atoms with Crippen LogP contribution >= 0.6 is 0 Å². The second-order valence-electron chi connectivity index (χ2n) is 7.89. The molecule has 0 radical (unpaired) electrons. The molecule has 1 atom stereocenters. The summed E-state index contributed by atoms with van der Waals surface area (Å²) in [4.78, 5) is 2.21. The van der Waals surface area contributed by atoms with Crippen molar-refractivity contribution >= 4 is 16.6 Å². The molecule has 1 heterocycles. The Balaban J connectivity index is 1.87. The van der Waals surface area contributed by atoms with E-state index in [-0.39, 0.29) is 6.04 Å². The third-order valence-corrected chi connectivity index (χ3v) is 5.78. The van der Waals surface area contributed by atoms with Crippen LogP contribution < -0.4 is 4.90 Å². The largest absolute Gasteiger partial charge is 0.351 e. The first kappa shape index (κ1) is 19.1. The Bertz CT molecular complexity index is 1140. The monoisotopic (exact) mass is 381 g/mol. The molecule has 4 aromatic rings. The van der Waals surface area contributed by atoms with Crippen molar-refractivity contribution in [3.63, 3.8) is 0 Å². The molecule has 3 aromatic carbocycles. The summed E-state index contributed by atoms with van der Waals surface area (Å²) in [6.07, 6.45) is 0. The van der Waals surface area contributed by atoms with Crippen LogP contribution in [-0.2, 0) is 0 Å². The number of benzene rings is 3. The molecule has 0 saturated heterocycles. The molecule has 1 aromatic heterocycles. The van der Waals surface area contributed by atoms with Crippen molar-refractivity contribution in [2.75, 3.05) is 11.9 Å². The molecular formula is C26H27N3. The highest BCUT2D eigenvalue weighted by atomic mass is 15.3. The molecule has 0 spiro atoms. The zero-order chi connectivity index (χ0) is 20.5. The molecule has 0 saturated carbocycles. The Kier molecular flexibility index (Phi) is 5.06. The second kappa shape index (κ2) is 7.67. The summed E-state index contributed by atoms with van der Waals surface area (Å²) in [6.45, 7) is 8.65. The number of aromatic nitrogens is 2. The van der Waals surface area contributed by atoms with Gasteiger partial charge in [0.1, 0.15) is 5.69 Å². The van der Waals surface area contributed by atoms with E-state index in [2.05, 4.69) is 100 Å². The van der Waals surface area contributed by atoms with E-state index >= 15 is 0 Å². The van der Waals surface area contributed by atoms with Crippen LogP contribution in [0.5, 0.6) is 0 Å². The molecule has 0 aliphatic carbocycles. The van der Waals surface area contributed by atoms with Crippen LogP contribution in [0.15, 0.2) is 66.7 Å². The molecule has 29 heavy (non-hydrogen) atoms. The number of hydrogen-bond acceptors (Lipinski definition) is 3. The van der Waals surface area contributed by atoms with Crippen LogP contribution in [0.4, 0.5) is 5.82 Å². The fourth-order valence-electron chi connectivity index (χ4n) is 4.23. The van der Waals surface area contributed by atoms with Crippen LogP contribution in [0.3, 0.4) is 0 Å². The van der Waals surface area contributed by atoms with Gasteiger partial charge in [0.15, 0.2) is 5.82 Å². The quantitative estimate of drug-likeness (QED) is 0.408. The fraction of sp³-hybridized carbons (Fsp3) is 0.231. The van der Waals surface area contributed by atoms with Crippen molar-refractivity contribution in [2.45, 2.75) is 33.7 Å². The number of fused-ring (bicyclic) bond motifs is 1. The molecule has 0 N–H and O–H groups in total. The highest BCUT2D eigenvalue weighted by Crippen LogP contribution is 2.36. The van der Waals surface area contributed by atoms with Gasteiger partial charge in [-0.2, -0.15) is 0 Å². The lowest BCUT2D eigenvalue weighted by atomic mass is 9.94. The maximum Gasteiger partial charge on any atom is 0.159 e. The predicted octanol–water partition coefficient (Wildman–Crippen LogP) is 6.42. The van der Waals surface area contributed by atoms with Gasteiger partial charge in [0.2, 0.25) is 0 Å². The van der Waals surface area contributed by atoms with Gasteiger partial charge in [-0.3, -0.25) is 0 Å². The minimum Gasteiger partial charge on any atom is -0.351 e. The molecule has 4 rings (SSSR count). The molecule has 146 valence electrons. The Morgan fingerprint density at radius 3 is 2.00 bits per heavy atom. The van der Waals surface area contributed by atoms with Crippen molar-refractivity contribution in [3.05, 3.63) is 89.0 Å². The first-order valence-electron chi connectivity index (χ1n) is 10.1. The normalized spacial score (nSPS) is 12.2. The molecule has 0 bridgehead atoms. The van der Waals surface area contributed by atoms with E-state index in [0.717, 1.165) is 22.3 Å². The Morgan fingerprint density at radius 2 is 1.34 bits per heavy atom. The first-order chi connectivity index (χ1) is 14.0. The van der Waals surface area contributed by atoms with Gasteiger partial charge >= 0.3 is 0 Å². The van der Waals surface area contributed by atoms with E-state index in [0.29, 0.717) is 0 Å². The molecule has 3 heteroatoms. The van der Waals surface area contributed by atoms with Gasteiger partial charge in [0, 0.05) is 23.4 Å². The molecule has 0 aliphatic rings. The Labute approximate surface area is 173 Å². The van der Waals surface area contributed by atoms with E-state index < -0.39 is 0 Å². The predicted molar refractivity (Wildman–Crippen MR) is 122 cm³/mol. The van der Waals surface area contributed by atoms with E-state index in [9.17, 15) is 0 Å². The maximum absolute atomic E-state index is 4.73. The minimum atomic E-state index is 0.197. The van der Waals surface area contributed by atoms with Crippen molar-refractivity contribution in [3.8, 4) is 11.3 Å². The lowest BCUT2D eigenvalue weighted by Crippen LogP contribution is -2.23. The standard InChI is InChI=1S/C26H27N3/c1-17-15-18(2)24(19(3)16-17)25-22-13-9-10-14-23(22)26(28-27-25)29(5)20(4)21-11-7-6-8-12-21/h6-16,20H,1-5H3/t20-/m1/s1. The second-order valence-corrected chi connectivity index (χ2v) is 7.89. The van der Waals surface area contributed by atoms with E-state index in [4.69, 9.17) is 10.2 Å². The topological polar surface area (TPSA) is 29.0 Å². The molecule has 3 nitrogen and oxygen atoms in total. The van der Waals surface area contributed by atoms with Crippen LogP contribution in [0.25, 0.3) is 22.0 Å². The number of aryl methyl sites for hydroxylation is 3. The van der Waals surface area contributed by atoms with Gasteiger partial charge < -0.3 is 4.90 Å². The summed E-state index contributed by atoms with van der Waals surface area (Å²) < 4.78 is 0. The number of hydrogen-bond donors (Lipinski definition) is 0. The lowest BCUT2D eigenvalue weighted by Gasteiger charge is -2.27. The molecule has 0 fully saturated rings. The Morgan fingerprint density at radius 1 is 0.759 bits per heavy atom. The summed E-state index contributed by atoms with van der Waals surface area (Å²) >= 11 is 0. The molecule has 0 unspecified atom stereocenters. The maximum atomic E-state index is 4.73. The summed E-state index contributed by atoms with van der Waals surface area (Å²) in [5.74, 6) is 0.906. The third kappa shape index (κ3) is 3.49. The number of rotatable bonds is 4. The highest BCUT2D eigenvalue weighted by Gasteiger charge is 2.20. The molecule has 0 amide bonds. The smallest absolute Gasteiger partial charge is 0.159 e. The van der Waals surface area contributed by atoms with Gasteiger partial charge in [-0.25, -0.2) is 0 Å². The van der Waals surface area contributed by atoms with Gasteiger partial charge in [0.05, 0.1) is 6.04 Å². The summed E-state index contributed by atoms with van der Waals surface area (Å²) in [5.41, 5.74) is 7.15. The van der Waals surface area contributed by atoms with E-state index in [1.807, 2.05) is 6.07 Å². The van der Waals surface area contributed by atoms with Crippen molar-refractivity contribution in [2.24, 2.45) is 0 Å².